The molecule has 0 aliphatic rings. The van der Waals surface area contributed by atoms with Crippen LogP contribution >= 0.6 is 0 Å². The van der Waals surface area contributed by atoms with Gasteiger partial charge in [0.05, 0.1) is 7.11 Å². The van der Waals surface area contributed by atoms with Crippen LogP contribution in [0.5, 0.6) is 5.75 Å². The van der Waals surface area contributed by atoms with E-state index < -0.39 is 0 Å². The van der Waals surface area contributed by atoms with E-state index in [1.54, 1.807) is 7.11 Å². The van der Waals surface area contributed by atoms with Crippen molar-refractivity contribution in [1.29, 1.82) is 0 Å². The molecule has 102 valence electrons. The van der Waals surface area contributed by atoms with E-state index in [0.29, 0.717) is 0 Å². The molecule has 2 aromatic rings. The van der Waals surface area contributed by atoms with Gasteiger partial charge in [-0.05, 0) is 47.5 Å². The van der Waals surface area contributed by atoms with E-state index in [1.165, 1.54) is 35.6 Å². The highest BCUT2D eigenvalue weighted by Crippen LogP contribution is 2.21. The van der Waals surface area contributed by atoms with Gasteiger partial charge in [0.1, 0.15) is 5.75 Å². The number of fused-ring (bicyclic) bond motifs is 1. The minimum Gasteiger partial charge on any atom is -0.497 e. The molecule has 0 aromatic heterocycles. The molecule has 0 heterocycles. The SMILES string of the molecule is CCCCCNCc1ccc2cc(OC)ccc2c1. The van der Waals surface area contributed by atoms with Crippen LogP contribution in [0.4, 0.5) is 0 Å². The Morgan fingerprint density at radius 2 is 1.79 bits per heavy atom. The number of rotatable bonds is 7. The van der Waals surface area contributed by atoms with Gasteiger partial charge < -0.3 is 10.1 Å². The molecular formula is C17H23NO. The number of hydrogen-bond acceptors (Lipinski definition) is 2. The number of nitrogens with one attached hydrogen (secondary N) is 1. The Labute approximate surface area is 115 Å². The van der Waals surface area contributed by atoms with Crippen molar-refractivity contribution in [2.24, 2.45) is 0 Å². The normalized spacial score (nSPS) is 10.8. The third kappa shape index (κ3) is 3.97. The average Bonchev–Trinajstić information content (AvgIpc) is 2.46. The third-order valence-electron chi connectivity index (χ3n) is 3.40. The molecule has 1 N–H and O–H groups in total. The first-order valence-electron chi connectivity index (χ1n) is 7.11. The standard InChI is InChI=1S/C17H23NO/c1-3-4-5-10-18-13-14-6-7-16-12-17(19-2)9-8-15(16)11-14/h6-9,11-12,18H,3-5,10,13H2,1-2H3. The molecule has 2 heteroatoms. The fraction of sp³-hybridized carbons (Fsp3) is 0.412. The lowest BCUT2D eigenvalue weighted by Gasteiger charge is -2.07. The van der Waals surface area contributed by atoms with Crippen molar-refractivity contribution in [3.8, 4) is 5.75 Å². The molecule has 0 saturated heterocycles. The molecule has 0 radical (unpaired) electrons. The summed E-state index contributed by atoms with van der Waals surface area (Å²) in [5, 5.41) is 6.00. The summed E-state index contributed by atoms with van der Waals surface area (Å²) in [4.78, 5) is 0. The molecule has 2 aromatic carbocycles. The van der Waals surface area contributed by atoms with E-state index in [-0.39, 0.29) is 0 Å². The van der Waals surface area contributed by atoms with Crippen LogP contribution in [0.15, 0.2) is 36.4 Å². The minimum absolute atomic E-state index is 0.915. The molecule has 0 aliphatic carbocycles. The van der Waals surface area contributed by atoms with E-state index in [4.69, 9.17) is 4.74 Å². The summed E-state index contributed by atoms with van der Waals surface area (Å²) in [6, 6.07) is 12.8. The van der Waals surface area contributed by atoms with Gasteiger partial charge in [-0.15, -0.1) is 0 Å². The van der Waals surface area contributed by atoms with Gasteiger partial charge in [-0.1, -0.05) is 38.0 Å². The van der Waals surface area contributed by atoms with Gasteiger partial charge >= 0.3 is 0 Å². The van der Waals surface area contributed by atoms with Crippen LogP contribution < -0.4 is 10.1 Å². The topological polar surface area (TPSA) is 21.3 Å². The third-order valence-corrected chi connectivity index (χ3v) is 3.40. The summed E-state index contributed by atoms with van der Waals surface area (Å²) >= 11 is 0. The average molecular weight is 257 g/mol. The zero-order chi connectivity index (χ0) is 13.5. The fourth-order valence-electron chi connectivity index (χ4n) is 2.24. The molecule has 0 atom stereocenters. The van der Waals surface area contributed by atoms with Gasteiger partial charge in [0.15, 0.2) is 0 Å². The second-order valence-corrected chi connectivity index (χ2v) is 4.93. The van der Waals surface area contributed by atoms with Crippen molar-refractivity contribution in [2.45, 2.75) is 32.7 Å². The molecule has 0 amide bonds. The first-order valence-corrected chi connectivity index (χ1v) is 7.11. The number of unbranched alkanes of at least 4 members (excludes halogenated alkanes) is 2. The van der Waals surface area contributed by atoms with Crippen LogP contribution in [0, 0.1) is 0 Å². The molecule has 0 aliphatic heterocycles. The molecule has 2 rings (SSSR count). The van der Waals surface area contributed by atoms with Crippen molar-refractivity contribution in [3.63, 3.8) is 0 Å². The molecule has 0 fully saturated rings. The van der Waals surface area contributed by atoms with Gasteiger partial charge in [-0.25, -0.2) is 0 Å². The van der Waals surface area contributed by atoms with Crippen LogP contribution in [0.25, 0.3) is 10.8 Å². The maximum atomic E-state index is 5.24. The Balaban J connectivity index is 1.97. The number of ether oxygens (including phenoxy) is 1. The monoisotopic (exact) mass is 257 g/mol. The zero-order valence-electron chi connectivity index (χ0n) is 11.9. The maximum Gasteiger partial charge on any atom is 0.119 e. The lowest BCUT2D eigenvalue weighted by Crippen LogP contribution is -2.14. The van der Waals surface area contributed by atoms with Crippen LogP contribution in [0.2, 0.25) is 0 Å². The van der Waals surface area contributed by atoms with Gasteiger partial charge in [0, 0.05) is 6.54 Å². The summed E-state index contributed by atoms with van der Waals surface area (Å²) in [7, 11) is 1.70. The van der Waals surface area contributed by atoms with Crippen LogP contribution in [0.1, 0.15) is 31.7 Å². The van der Waals surface area contributed by atoms with Crippen molar-refractivity contribution in [1.82, 2.24) is 5.32 Å². The first kappa shape index (κ1) is 13.9. The Kier molecular flexibility index (Phi) is 5.22. The number of benzene rings is 2. The lowest BCUT2D eigenvalue weighted by molar-refractivity contribution is 0.415. The smallest absolute Gasteiger partial charge is 0.119 e. The van der Waals surface area contributed by atoms with Crippen molar-refractivity contribution >= 4 is 10.8 Å². The van der Waals surface area contributed by atoms with Crippen LogP contribution in [-0.2, 0) is 6.54 Å². The molecule has 0 bridgehead atoms. The van der Waals surface area contributed by atoms with Crippen molar-refractivity contribution in [2.75, 3.05) is 13.7 Å². The summed E-state index contributed by atoms with van der Waals surface area (Å²) < 4.78 is 5.24. The second-order valence-electron chi connectivity index (χ2n) is 4.93. The summed E-state index contributed by atoms with van der Waals surface area (Å²) in [5.74, 6) is 0.915. The fourth-order valence-corrected chi connectivity index (χ4v) is 2.24. The van der Waals surface area contributed by atoms with Gasteiger partial charge in [-0.2, -0.15) is 0 Å². The highest BCUT2D eigenvalue weighted by molar-refractivity contribution is 5.84. The molecule has 19 heavy (non-hydrogen) atoms. The minimum atomic E-state index is 0.915. The summed E-state index contributed by atoms with van der Waals surface area (Å²) in [6.07, 6.45) is 3.85. The van der Waals surface area contributed by atoms with E-state index in [2.05, 4.69) is 42.6 Å². The summed E-state index contributed by atoms with van der Waals surface area (Å²) in [5.41, 5.74) is 1.34. The second kappa shape index (κ2) is 7.15. The maximum absolute atomic E-state index is 5.24. The van der Waals surface area contributed by atoms with Crippen molar-refractivity contribution in [3.05, 3.63) is 42.0 Å². The van der Waals surface area contributed by atoms with Crippen molar-refractivity contribution < 1.29 is 4.74 Å². The van der Waals surface area contributed by atoms with E-state index >= 15 is 0 Å². The number of hydrogen-bond donors (Lipinski definition) is 1. The van der Waals surface area contributed by atoms with Gasteiger partial charge in [0.25, 0.3) is 0 Å². The number of methoxy groups -OCH3 is 1. The predicted octanol–water partition coefficient (Wildman–Crippen LogP) is 4.13. The zero-order valence-corrected chi connectivity index (χ0v) is 11.9. The van der Waals surface area contributed by atoms with Crippen LogP contribution in [-0.4, -0.2) is 13.7 Å². The molecule has 0 saturated carbocycles. The van der Waals surface area contributed by atoms with Crippen LogP contribution in [0.3, 0.4) is 0 Å². The van der Waals surface area contributed by atoms with E-state index in [0.717, 1.165) is 18.8 Å². The van der Waals surface area contributed by atoms with Gasteiger partial charge in [0.2, 0.25) is 0 Å². The first-order chi connectivity index (χ1) is 9.33. The lowest BCUT2D eigenvalue weighted by atomic mass is 10.1. The Morgan fingerprint density at radius 3 is 2.58 bits per heavy atom. The highest BCUT2D eigenvalue weighted by Gasteiger charge is 1.99. The Bertz CT molecular complexity index is 522. The Hall–Kier alpha value is -1.54. The predicted molar refractivity (Wildman–Crippen MR) is 81.7 cm³/mol. The summed E-state index contributed by atoms with van der Waals surface area (Å²) in [6.45, 7) is 4.29. The molecular weight excluding hydrogens is 234 g/mol. The molecule has 2 nitrogen and oxygen atoms in total. The largest absolute Gasteiger partial charge is 0.497 e. The molecule has 0 spiro atoms. The van der Waals surface area contributed by atoms with E-state index in [9.17, 15) is 0 Å². The highest BCUT2D eigenvalue weighted by atomic mass is 16.5. The van der Waals surface area contributed by atoms with Gasteiger partial charge in [-0.3, -0.25) is 0 Å². The molecule has 0 unspecified atom stereocenters. The quantitative estimate of drug-likeness (QED) is 0.753. The Morgan fingerprint density at radius 1 is 1.00 bits per heavy atom. The van der Waals surface area contributed by atoms with E-state index in [1.807, 2.05) is 6.07 Å².